The molecule has 4 aromatic heterocycles. The van der Waals surface area contributed by atoms with Crippen LogP contribution in [-0.2, 0) is 39.7 Å². The van der Waals surface area contributed by atoms with Gasteiger partial charge < -0.3 is 19.6 Å². The third kappa shape index (κ3) is 20.5. The molecule has 0 spiro atoms. The van der Waals surface area contributed by atoms with E-state index >= 15 is 0 Å². The van der Waals surface area contributed by atoms with Crippen LogP contribution in [0.4, 0.5) is 26.3 Å². The molecule has 13 nitrogen and oxygen atoms in total. The molecule has 4 heterocycles. The number of benzene rings is 3. The van der Waals surface area contributed by atoms with Crippen molar-refractivity contribution in [3.8, 4) is 22.8 Å². The van der Waals surface area contributed by atoms with Gasteiger partial charge in [0.15, 0.2) is 20.2 Å². The van der Waals surface area contributed by atoms with Crippen molar-refractivity contribution < 1.29 is 77.2 Å². The summed E-state index contributed by atoms with van der Waals surface area (Å²) in [5.74, 6) is 0. The summed E-state index contributed by atoms with van der Waals surface area (Å²) in [6.07, 6.45) is 9.04. The van der Waals surface area contributed by atoms with Crippen molar-refractivity contribution in [3.05, 3.63) is 188 Å². The van der Waals surface area contributed by atoms with Crippen molar-refractivity contribution in [2.45, 2.75) is 11.0 Å². The minimum absolute atomic E-state index is 0. The van der Waals surface area contributed by atoms with Gasteiger partial charge in [-0.2, -0.15) is 31.4 Å². The molecule has 0 atom stereocenters. The van der Waals surface area contributed by atoms with E-state index in [0.717, 1.165) is 22.8 Å². The molecule has 350 valence electrons. The number of pyridine rings is 4. The smallest absolute Gasteiger partial charge is 0.741 e. The zero-order valence-electron chi connectivity index (χ0n) is 34.5. The van der Waals surface area contributed by atoms with Gasteiger partial charge in [0.2, 0.25) is 0 Å². The first-order valence-corrected chi connectivity index (χ1v) is 22.5. The molecule has 7 rings (SSSR count). The van der Waals surface area contributed by atoms with E-state index < -0.39 is 39.2 Å². The molecule has 0 amide bonds. The molecule has 66 heavy (non-hydrogen) atoms. The molecule has 0 bridgehead atoms. The molecule has 0 saturated heterocycles. The molecular formula is C43H40F6N6O7PRuS2+. The molecule has 0 unspecified atom stereocenters. The van der Waals surface area contributed by atoms with Gasteiger partial charge >= 0.3 is 30.5 Å². The molecule has 0 saturated carbocycles. The Morgan fingerprint density at radius 1 is 0.500 bits per heavy atom. The number of halogens is 6. The molecule has 0 aliphatic carbocycles. The molecule has 7 aromatic rings. The van der Waals surface area contributed by atoms with Gasteiger partial charge in [0.1, 0.15) is 15.9 Å². The van der Waals surface area contributed by atoms with Crippen LogP contribution >= 0.6 is 7.92 Å². The van der Waals surface area contributed by atoms with Crippen LogP contribution in [0.3, 0.4) is 0 Å². The van der Waals surface area contributed by atoms with Crippen LogP contribution < -0.4 is 15.9 Å². The summed E-state index contributed by atoms with van der Waals surface area (Å²) in [4.78, 5) is 16.7. The Bertz CT molecular complexity index is 2440. The van der Waals surface area contributed by atoms with Gasteiger partial charge in [0.25, 0.3) is 0 Å². The summed E-state index contributed by atoms with van der Waals surface area (Å²) >= 11 is 0. The van der Waals surface area contributed by atoms with E-state index in [1.807, 2.05) is 98.1 Å². The van der Waals surface area contributed by atoms with Gasteiger partial charge in [0.05, 0.1) is 36.9 Å². The summed E-state index contributed by atoms with van der Waals surface area (Å²) in [6.45, 7) is 0. The fraction of sp³-hybridized carbons (Fsp3) is 0.0930. The fourth-order valence-corrected chi connectivity index (χ4v) is 7.47. The van der Waals surface area contributed by atoms with Crippen molar-refractivity contribution in [1.82, 2.24) is 24.9 Å². The molecule has 23 heteroatoms. The second-order valence-corrected chi connectivity index (χ2v) is 17.6. The van der Waals surface area contributed by atoms with E-state index in [1.165, 1.54) is 21.5 Å². The Morgan fingerprint density at radius 3 is 1.03 bits per heavy atom. The van der Waals surface area contributed by atoms with Crippen molar-refractivity contribution in [1.29, 1.82) is 0 Å². The maximum absolute atomic E-state index is 10.7. The van der Waals surface area contributed by atoms with E-state index in [0.29, 0.717) is 0 Å². The van der Waals surface area contributed by atoms with Crippen molar-refractivity contribution in [2.24, 2.45) is 5.10 Å². The monoisotopic (exact) mass is 1060 g/mol. The van der Waals surface area contributed by atoms with Crippen LogP contribution in [0.15, 0.2) is 188 Å². The summed E-state index contributed by atoms with van der Waals surface area (Å²) in [5, 5.41) is 10.4. The quantitative estimate of drug-likeness (QED) is 0.0314. The largest absolute Gasteiger partial charge is 2.00 e. The Kier molecular flexibility index (Phi) is 24.9. The van der Waals surface area contributed by atoms with Gasteiger partial charge in [-0.25, -0.2) is 16.8 Å². The average molecular weight is 1060 g/mol. The maximum atomic E-state index is 10.7. The third-order valence-electron chi connectivity index (χ3n) is 7.53. The van der Waals surface area contributed by atoms with Crippen LogP contribution in [0, 0.1) is 0 Å². The number of alkyl halides is 6. The minimum atomic E-state index is -6.09. The first-order valence-electron chi connectivity index (χ1n) is 18.2. The molecule has 0 fully saturated rings. The standard InChI is InChI=1S/C21H21N2P.2C10H8N2.2CHF3O3S.H2O.Ru/c1-23(2)22-17-18-11-9-10-16-21(18)24(19-12-5-3-6-13-19)20-14-7-4-8-15-20;2*1-3-7-11-9(5-1)10-6-2-4-8-12-10;2*2-1(3,4)8(5,6)7;;/h3-17H,1-2H3;2*1-8H;2*(H,5,6,7);1H2;/q;;;;;;+2/p-1/b22-17+;;;;;;. The summed E-state index contributed by atoms with van der Waals surface area (Å²) in [6, 6.07) is 53.4. The zero-order chi connectivity index (χ0) is 47.2. The van der Waals surface area contributed by atoms with E-state index in [-0.39, 0.29) is 25.0 Å². The molecular weight excluding hydrogens is 1020 g/mol. The second-order valence-electron chi connectivity index (χ2n) is 12.4. The maximum Gasteiger partial charge on any atom is 2.00 e. The normalized spacial score (nSPS) is 11.0. The van der Waals surface area contributed by atoms with Crippen LogP contribution in [0.2, 0.25) is 0 Å². The first kappa shape index (κ1) is 58.2. The van der Waals surface area contributed by atoms with Crippen LogP contribution in [0.5, 0.6) is 0 Å². The first-order chi connectivity index (χ1) is 30.2. The minimum Gasteiger partial charge on any atom is -0.741 e. The Balaban J connectivity index is 0.000000443. The van der Waals surface area contributed by atoms with Gasteiger partial charge in [-0.15, -0.1) is 0 Å². The van der Waals surface area contributed by atoms with E-state index in [9.17, 15) is 26.3 Å². The summed E-state index contributed by atoms with van der Waals surface area (Å²) in [5.41, 5.74) is -6.44. The Morgan fingerprint density at radius 2 is 0.773 bits per heavy atom. The Hall–Kier alpha value is -5.86. The van der Waals surface area contributed by atoms with Crippen molar-refractivity contribution in [2.75, 3.05) is 14.1 Å². The number of hydrogen-bond donors (Lipinski definition) is 0. The predicted molar refractivity (Wildman–Crippen MR) is 238 cm³/mol. The summed E-state index contributed by atoms with van der Waals surface area (Å²) < 4.78 is 118. The number of nitrogens with zero attached hydrogens (tertiary/aromatic N) is 6. The SMILES string of the molecule is CN(C)/N=C/c1ccccc1[PH+](c1ccccc1)c1ccccc1.O.O=S(=O)([O-])C(F)(F)F.O=S(=O)([O-])C(F)(F)F.[Ru+2].c1ccc(-c2ccccn2)nc1.c1ccc(-c2ccccn2)nc1. The van der Waals surface area contributed by atoms with Gasteiger partial charge in [-0.3, -0.25) is 19.9 Å². The molecule has 0 aliphatic rings. The van der Waals surface area contributed by atoms with E-state index in [4.69, 9.17) is 25.9 Å². The number of hydrogen-bond acceptors (Lipinski definition) is 12. The van der Waals surface area contributed by atoms with E-state index in [1.54, 1.807) is 24.8 Å². The average Bonchev–Trinajstić information content (AvgIpc) is 3.28. The topological polar surface area (TPSA) is 213 Å². The third-order valence-corrected chi connectivity index (χ3v) is 11.5. The van der Waals surface area contributed by atoms with Gasteiger partial charge in [0, 0.05) is 44.4 Å². The second kappa shape index (κ2) is 28.2. The number of hydrazone groups is 1. The molecule has 0 aliphatic heterocycles. The fourth-order valence-electron chi connectivity index (χ4n) is 4.76. The van der Waals surface area contributed by atoms with Crippen LogP contribution in [0.1, 0.15) is 5.56 Å². The van der Waals surface area contributed by atoms with Crippen molar-refractivity contribution in [3.63, 3.8) is 0 Å². The summed E-state index contributed by atoms with van der Waals surface area (Å²) in [7, 11) is -9.36. The number of aromatic nitrogens is 4. The van der Waals surface area contributed by atoms with Gasteiger partial charge in [-0.05, 0) is 84.9 Å². The van der Waals surface area contributed by atoms with Crippen molar-refractivity contribution >= 4 is 50.3 Å². The molecule has 0 radical (unpaired) electrons. The van der Waals surface area contributed by atoms with E-state index in [2.05, 4.69) is 110 Å². The van der Waals surface area contributed by atoms with Crippen LogP contribution in [-0.4, -0.2) is 87.7 Å². The Labute approximate surface area is 391 Å². The van der Waals surface area contributed by atoms with Gasteiger partial charge in [-0.1, -0.05) is 72.8 Å². The predicted octanol–water partition coefficient (Wildman–Crippen LogP) is 6.64. The molecule has 2 N–H and O–H groups in total. The molecule has 3 aromatic carbocycles. The zero-order valence-corrected chi connectivity index (χ0v) is 38.8. The number of rotatable bonds is 7. The van der Waals surface area contributed by atoms with Crippen LogP contribution in [0.25, 0.3) is 22.8 Å².